The van der Waals surface area contributed by atoms with Crippen molar-refractivity contribution in [2.45, 2.75) is 13.0 Å². The number of halogens is 2. The van der Waals surface area contributed by atoms with Gasteiger partial charge < -0.3 is 5.11 Å². The van der Waals surface area contributed by atoms with Gasteiger partial charge >= 0.3 is 0 Å². The van der Waals surface area contributed by atoms with Gasteiger partial charge in [0.05, 0.1) is 12.3 Å². The molecule has 0 saturated heterocycles. The number of hydrogen-bond donors (Lipinski definition) is 1. The van der Waals surface area contributed by atoms with Crippen molar-refractivity contribution < 1.29 is 5.11 Å². The third-order valence-corrected chi connectivity index (χ3v) is 4.68. The SMILES string of the molecule is OCc1nc(Cc2ccc(I)cc2I)cs1. The van der Waals surface area contributed by atoms with Crippen LogP contribution in [0, 0.1) is 7.14 Å². The van der Waals surface area contributed by atoms with Crippen molar-refractivity contribution in [1.29, 1.82) is 0 Å². The van der Waals surface area contributed by atoms with Crippen molar-refractivity contribution in [3.63, 3.8) is 0 Å². The van der Waals surface area contributed by atoms with Gasteiger partial charge in [0.2, 0.25) is 0 Å². The van der Waals surface area contributed by atoms with Gasteiger partial charge in [-0.15, -0.1) is 11.3 Å². The summed E-state index contributed by atoms with van der Waals surface area (Å²) < 4.78 is 2.52. The number of aromatic nitrogens is 1. The summed E-state index contributed by atoms with van der Waals surface area (Å²) in [6, 6.07) is 6.41. The molecule has 5 heteroatoms. The first-order valence-electron chi connectivity index (χ1n) is 4.67. The second kappa shape index (κ2) is 5.74. The zero-order valence-electron chi connectivity index (χ0n) is 8.28. The number of hydrogen-bond acceptors (Lipinski definition) is 3. The van der Waals surface area contributed by atoms with E-state index in [0.29, 0.717) is 0 Å². The zero-order valence-corrected chi connectivity index (χ0v) is 13.4. The molecule has 1 aromatic heterocycles. The van der Waals surface area contributed by atoms with E-state index in [9.17, 15) is 0 Å². The Hall–Kier alpha value is 0.270. The highest BCUT2D eigenvalue weighted by atomic mass is 127. The summed E-state index contributed by atoms with van der Waals surface area (Å²) in [6.07, 6.45) is 0.839. The molecular weight excluding hydrogens is 448 g/mol. The molecular formula is C11H9I2NOS. The van der Waals surface area contributed by atoms with Gasteiger partial charge in [-0.1, -0.05) is 6.07 Å². The molecule has 0 aliphatic heterocycles. The normalized spacial score (nSPS) is 10.7. The highest BCUT2D eigenvalue weighted by Crippen LogP contribution is 2.20. The number of benzene rings is 1. The zero-order chi connectivity index (χ0) is 11.5. The first-order valence-corrected chi connectivity index (χ1v) is 7.71. The van der Waals surface area contributed by atoms with E-state index >= 15 is 0 Å². The maximum Gasteiger partial charge on any atom is 0.118 e. The lowest BCUT2D eigenvalue weighted by atomic mass is 10.1. The molecule has 1 aromatic carbocycles. The molecule has 0 unspecified atom stereocenters. The molecule has 0 amide bonds. The Bertz CT molecular complexity index is 498. The van der Waals surface area contributed by atoms with Crippen LogP contribution in [0.3, 0.4) is 0 Å². The van der Waals surface area contributed by atoms with Crippen LogP contribution in [0.25, 0.3) is 0 Å². The Balaban J connectivity index is 2.20. The molecule has 2 rings (SSSR count). The summed E-state index contributed by atoms with van der Waals surface area (Å²) in [5.74, 6) is 0. The molecule has 0 bridgehead atoms. The van der Waals surface area contributed by atoms with Crippen LogP contribution in [0.15, 0.2) is 23.6 Å². The monoisotopic (exact) mass is 457 g/mol. The quantitative estimate of drug-likeness (QED) is 0.718. The average Bonchev–Trinajstić information content (AvgIpc) is 2.70. The fourth-order valence-electron chi connectivity index (χ4n) is 1.36. The molecule has 0 spiro atoms. The van der Waals surface area contributed by atoms with E-state index < -0.39 is 0 Å². The van der Waals surface area contributed by atoms with Crippen LogP contribution >= 0.6 is 56.5 Å². The Morgan fingerprint density at radius 2 is 2.12 bits per heavy atom. The molecule has 2 aromatic rings. The van der Waals surface area contributed by atoms with Crippen LogP contribution in [-0.2, 0) is 13.0 Å². The molecule has 0 aliphatic rings. The minimum atomic E-state index is 0.0362. The predicted octanol–water partition coefficient (Wildman–Crippen LogP) is 3.44. The molecule has 16 heavy (non-hydrogen) atoms. The van der Waals surface area contributed by atoms with Gasteiger partial charge in [-0.05, 0) is 62.9 Å². The molecule has 0 radical (unpaired) electrons. The molecule has 0 fully saturated rings. The first-order chi connectivity index (χ1) is 7.69. The van der Waals surface area contributed by atoms with Crippen molar-refractivity contribution in [1.82, 2.24) is 4.98 Å². The molecule has 84 valence electrons. The Labute approximate surface area is 125 Å². The summed E-state index contributed by atoms with van der Waals surface area (Å²) in [5.41, 5.74) is 2.32. The third-order valence-electron chi connectivity index (χ3n) is 2.12. The van der Waals surface area contributed by atoms with E-state index in [1.165, 1.54) is 24.0 Å². The van der Waals surface area contributed by atoms with Gasteiger partial charge in [0.15, 0.2) is 0 Å². The van der Waals surface area contributed by atoms with Gasteiger partial charge in [-0.2, -0.15) is 0 Å². The minimum Gasteiger partial charge on any atom is -0.389 e. The van der Waals surface area contributed by atoms with Crippen molar-refractivity contribution >= 4 is 56.5 Å². The summed E-state index contributed by atoms with van der Waals surface area (Å²) >= 11 is 6.17. The van der Waals surface area contributed by atoms with Crippen molar-refractivity contribution in [3.05, 3.63) is 47.0 Å². The van der Waals surface area contributed by atoms with Gasteiger partial charge in [-0.25, -0.2) is 4.98 Å². The van der Waals surface area contributed by atoms with Crippen LogP contribution in [0.4, 0.5) is 0 Å². The van der Waals surface area contributed by atoms with Crippen LogP contribution in [0.1, 0.15) is 16.3 Å². The second-order valence-electron chi connectivity index (χ2n) is 3.30. The number of nitrogens with zero attached hydrogens (tertiary/aromatic N) is 1. The Morgan fingerprint density at radius 3 is 2.75 bits per heavy atom. The lowest BCUT2D eigenvalue weighted by Gasteiger charge is -2.02. The molecule has 0 aliphatic carbocycles. The van der Waals surface area contributed by atoms with Gasteiger partial charge in [0, 0.05) is 18.9 Å². The van der Waals surface area contributed by atoms with Gasteiger partial charge in [0.1, 0.15) is 5.01 Å². The van der Waals surface area contributed by atoms with Gasteiger partial charge in [-0.3, -0.25) is 0 Å². The maximum atomic E-state index is 8.95. The average molecular weight is 457 g/mol. The summed E-state index contributed by atoms with van der Waals surface area (Å²) in [6.45, 7) is 0.0362. The molecule has 0 atom stereocenters. The van der Waals surface area contributed by atoms with Crippen LogP contribution in [0.2, 0.25) is 0 Å². The summed E-state index contributed by atoms with van der Waals surface area (Å²) in [4.78, 5) is 4.35. The number of thiazole rings is 1. The predicted molar refractivity (Wildman–Crippen MR) is 82.7 cm³/mol. The van der Waals surface area contributed by atoms with Crippen LogP contribution in [-0.4, -0.2) is 10.1 Å². The van der Waals surface area contributed by atoms with Crippen molar-refractivity contribution in [3.8, 4) is 0 Å². The number of aliphatic hydroxyl groups excluding tert-OH is 1. The first kappa shape index (κ1) is 12.7. The topological polar surface area (TPSA) is 33.1 Å². The Morgan fingerprint density at radius 1 is 1.31 bits per heavy atom. The molecule has 0 saturated carbocycles. The second-order valence-corrected chi connectivity index (χ2v) is 6.65. The molecule has 1 N–H and O–H groups in total. The highest BCUT2D eigenvalue weighted by Gasteiger charge is 2.05. The fourth-order valence-corrected chi connectivity index (χ4v) is 3.81. The molecule has 1 heterocycles. The van der Waals surface area contributed by atoms with E-state index in [-0.39, 0.29) is 6.61 Å². The van der Waals surface area contributed by atoms with E-state index in [1.807, 2.05) is 5.38 Å². The van der Waals surface area contributed by atoms with Crippen molar-refractivity contribution in [2.75, 3.05) is 0 Å². The molecule has 2 nitrogen and oxygen atoms in total. The van der Waals surface area contributed by atoms with E-state index in [1.54, 1.807) is 0 Å². The summed E-state index contributed by atoms with van der Waals surface area (Å²) in [7, 11) is 0. The van der Waals surface area contributed by atoms with E-state index in [0.717, 1.165) is 17.1 Å². The lowest BCUT2D eigenvalue weighted by Crippen LogP contribution is -1.93. The lowest BCUT2D eigenvalue weighted by molar-refractivity contribution is 0.281. The fraction of sp³-hybridized carbons (Fsp3) is 0.182. The smallest absolute Gasteiger partial charge is 0.118 e. The maximum absolute atomic E-state index is 8.95. The van der Waals surface area contributed by atoms with E-state index in [2.05, 4.69) is 68.4 Å². The van der Waals surface area contributed by atoms with Crippen LogP contribution < -0.4 is 0 Å². The van der Waals surface area contributed by atoms with Crippen molar-refractivity contribution in [2.24, 2.45) is 0 Å². The largest absolute Gasteiger partial charge is 0.389 e. The standard InChI is InChI=1S/C11H9I2NOS/c12-8-2-1-7(10(13)4-8)3-9-6-16-11(5-15)14-9/h1-2,4,6,15H,3,5H2. The Kier molecular flexibility index (Phi) is 4.57. The van der Waals surface area contributed by atoms with E-state index in [4.69, 9.17) is 5.11 Å². The number of aliphatic hydroxyl groups is 1. The third kappa shape index (κ3) is 3.14. The van der Waals surface area contributed by atoms with Crippen LogP contribution in [0.5, 0.6) is 0 Å². The highest BCUT2D eigenvalue weighted by molar-refractivity contribution is 14.1. The number of rotatable bonds is 3. The minimum absolute atomic E-state index is 0.0362. The van der Waals surface area contributed by atoms with Gasteiger partial charge in [0.25, 0.3) is 0 Å². The summed E-state index contributed by atoms with van der Waals surface area (Å²) in [5, 5.41) is 11.8.